The zero-order valence-electron chi connectivity index (χ0n) is 11.4. The molecule has 0 bridgehead atoms. The SMILES string of the molecule is Fc1ccc(Cl)c(NCc2cccc3c2OCCCO3)c1. The largest absolute Gasteiger partial charge is 0.490 e. The second-order valence-corrected chi connectivity index (χ2v) is 5.18. The Bertz CT molecular complexity index is 648. The van der Waals surface area contributed by atoms with Gasteiger partial charge < -0.3 is 14.8 Å². The molecule has 5 heteroatoms. The Morgan fingerprint density at radius 3 is 2.90 bits per heavy atom. The number of hydrogen-bond acceptors (Lipinski definition) is 3. The molecule has 110 valence electrons. The van der Waals surface area contributed by atoms with E-state index in [0.29, 0.717) is 30.5 Å². The van der Waals surface area contributed by atoms with E-state index >= 15 is 0 Å². The Hall–Kier alpha value is -1.94. The third-order valence-corrected chi connectivity index (χ3v) is 3.58. The summed E-state index contributed by atoms with van der Waals surface area (Å²) < 4.78 is 24.7. The van der Waals surface area contributed by atoms with Crippen molar-refractivity contribution in [3.63, 3.8) is 0 Å². The van der Waals surface area contributed by atoms with Gasteiger partial charge in [-0.05, 0) is 24.3 Å². The van der Waals surface area contributed by atoms with Gasteiger partial charge in [0.15, 0.2) is 11.5 Å². The van der Waals surface area contributed by atoms with Gasteiger partial charge in [-0.1, -0.05) is 23.7 Å². The molecular weight excluding hydrogens is 293 g/mol. The van der Waals surface area contributed by atoms with Crippen LogP contribution in [-0.2, 0) is 6.54 Å². The molecule has 0 radical (unpaired) electrons. The summed E-state index contributed by atoms with van der Waals surface area (Å²) in [5, 5.41) is 3.62. The summed E-state index contributed by atoms with van der Waals surface area (Å²) in [5.74, 6) is 1.17. The van der Waals surface area contributed by atoms with Crippen LogP contribution >= 0.6 is 11.6 Å². The van der Waals surface area contributed by atoms with E-state index in [1.54, 1.807) is 0 Å². The fourth-order valence-corrected chi connectivity index (χ4v) is 2.40. The van der Waals surface area contributed by atoms with Crippen molar-refractivity contribution in [3.05, 3.63) is 52.8 Å². The fourth-order valence-electron chi connectivity index (χ4n) is 2.22. The Morgan fingerprint density at radius 1 is 1.14 bits per heavy atom. The van der Waals surface area contributed by atoms with Crippen LogP contribution in [0.15, 0.2) is 36.4 Å². The lowest BCUT2D eigenvalue weighted by Crippen LogP contribution is -2.04. The van der Waals surface area contributed by atoms with Crippen molar-refractivity contribution >= 4 is 17.3 Å². The molecular formula is C16H15ClFNO2. The minimum absolute atomic E-state index is 0.326. The zero-order valence-corrected chi connectivity index (χ0v) is 12.1. The lowest BCUT2D eigenvalue weighted by atomic mass is 10.1. The van der Waals surface area contributed by atoms with E-state index < -0.39 is 0 Å². The van der Waals surface area contributed by atoms with Crippen LogP contribution in [0.2, 0.25) is 5.02 Å². The first-order valence-corrected chi connectivity index (χ1v) is 7.18. The summed E-state index contributed by atoms with van der Waals surface area (Å²) in [6.45, 7) is 1.76. The Balaban J connectivity index is 1.81. The highest BCUT2D eigenvalue weighted by atomic mass is 35.5. The van der Waals surface area contributed by atoms with E-state index in [0.717, 1.165) is 23.5 Å². The maximum atomic E-state index is 13.3. The molecule has 2 aromatic carbocycles. The van der Waals surface area contributed by atoms with Gasteiger partial charge in [0.05, 0.1) is 23.9 Å². The van der Waals surface area contributed by atoms with Gasteiger partial charge in [-0.15, -0.1) is 0 Å². The third kappa shape index (κ3) is 3.22. The van der Waals surface area contributed by atoms with E-state index in [1.165, 1.54) is 18.2 Å². The highest BCUT2D eigenvalue weighted by molar-refractivity contribution is 6.33. The zero-order chi connectivity index (χ0) is 14.7. The third-order valence-electron chi connectivity index (χ3n) is 3.25. The summed E-state index contributed by atoms with van der Waals surface area (Å²) in [6, 6.07) is 10.00. The first-order valence-electron chi connectivity index (χ1n) is 6.80. The summed E-state index contributed by atoms with van der Waals surface area (Å²) in [5.41, 5.74) is 1.51. The smallest absolute Gasteiger partial charge is 0.166 e. The number of halogens is 2. The highest BCUT2D eigenvalue weighted by Gasteiger charge is 2.14. The van der Waals surface area contributed by atoms with Gasteiger partial charge in [-0.25, -0.2) is 4.39 Å². The Morgan fingerprint density at radius 2 is 2.00 bits per heavy atom. The molecule has 0 spiro atoms. The molecule has 3 nitrogen and oxygen atoms in total. The maximum absolute atomic E-state index is 13.3. The number of nitrogens with one attached hydrogen (secondary N) is 1. The summed E-state index contributed by atoms with van der Waals surface area (Å²) in [6.07, 6.45) is 0.858. The van der Waals surface area contributed by atoms with Crippen LogP contribution in [0.25, 0.3) is 0 Å². The molecule has 0 atom stereocenters. The maximum Gasteiger partial charge on any atom is 0.166 e. The minimum Gasteiger partial charge on any atom is -0.490 e. The van der Waals surface area contributed by atoms with E-state index in [-0.39, 0.29) is 5.82 Å². The topological polar surface area (TPSA) is 30.5 Å². The van der Waals surface area contributed by atoms with E-state index in [4.69, 9.17) is 21.1 Å². The predicted octanol–water partition coefficient (Wildman–Crippen LogP) is 4.25. The van der Waals surface area contributed by atoms with Gasteiger partial charge in [-0.3, -0.25) is 0 Å². The highest BCUT2D eigenvalue weighted by Crippen LogP contribution is 2.34. The van der Waals surface area contributed by atoms with Gasteiger partial charge in [0.1, 0.15) is 5.82 Å². The number of fused-ring (bicyclic) bond motifs is 1. The average molecular weight is 308 g/mol. The molecule has 21 heavy (non-hydrogen) atoms. The molecule has 0 aliphatic carbocycles. The molecule has 0 amide bonds. The van der Waals surface area contributed by atoms with Crippen LogP contribution < -0.4 is 14.8 Å². The van der Waals surface area contributed by atoms with Crippen molar-refractivity contribution in [1.29, 1.82) is 0 Å². The van der Waals surface area contributed by atoms with Gasteiger partial charge in [-0.2, -0.15) is 0 Å². The van der Waals surface area contributed by atoms with Crippen LogP contribution in [-0.4, -0.2) is 13.2 Å². The molecule has 1 aliphatic rings. The van der Waals surface area contributed by atoms with Gasteiger partial charge in [0, 0.05) is 18.5 Å². The minimum atomic E-state index is -0.326. The monoisotopic (exact) mass is 307 g/mol. The number of hydrogen-bond donors (Lipinski definition) is 1. The molecule has 0 saturated carbocycles. The van der Waals surface area contributed by atoms with E-state index in [1.807, 2.05) is 18.2 Å². The number of para-hydroxylation sites is 1. The molecule has 0 fully saturated rings. The van der Waals surface area contributed by atoms with Crippen LogP contribution in [0, 0.1) is 5.82 Å². The number of benzene rings is 2. The van der Waals surface area contributed by atoms with Gasteiger partial charge in [0.25, 0.3) is 0 Å². The molecule has 1 heterocycles. The Kier molecular flexibility index (Phi) is 4.15. The summed E-state index contributed by atoms with van der Waals surface area (Å²) in [7, 11) is 0. The molecule has 3 rings (SSSR count). The van der Waals surface area contributed by atoms with Gasteiger partial charge in [0.2, 0.25) is 0 Å². The second-order valence-electron chi connectivity index (χ2n) is 4.77. The second kappa shape index (κ2) is 6.22. The summed E-state index contributed by atoms with van der Waals surface area (Å²) >= 11 is 6.05. The van der Waals surface area contributed by atoms with Gasteiger partial charge >= 0.3 is 0 Å². The molecule has 1 N–H and O–H groups in total. The lowest BCUT2D eigenvalue weighted by molar-refractivity contribution is 0.296. The predicted molar refractivity (Wildman–Crippen MR) is 80.8 cm³/mol. The van der Waals surface area contributed by atoms with Crippen molar-refractivity contribution in [2.24, 2.45) is 0 Å². The van der Waals surface area contributed by atoms with Crippen molar-refractivity contribution in [2.75, 3.05) is 18.5 Å². The number of ether oxygens (including phenoxy) is 2. The van der Waals surface area contributed by atoms with Crippen molar-refractivity contribution in [3.8, 4) is 11.5 Å². The quantitative estimate of drug-likeness (QED) is 0.919. The molecule has 0 aromatic heterocycles. The molecule has 2 aromatic rings. The van der Waals surface area contributed by atoms with E-state index in [9.17, 15) is 4.39 Å². The molecule has 0 saturated heterocycles. The fraction of sp³-hybridized carbons (Fsp3) is 0.250. The average Bonchev–Trinajstić information content (AvgIpc) is 2.74. The van der Waals surface area contributed by atoms with Crippen LogP contribution in [0.5, 0.6) is 11.5 Å². The summed E-state index contributed by atoms with van der Waals surface area (Å²) in [4.78, 5) is 0. The lowest BCUT2D eigenvalue weighted by Gasteiger charge is -2.14. The van der Waals surface area contributed by atoms with Crippen molar-refractivity contribution < 1.29 is 13.9 Å². The first-order chi connectivity index (χ1) is 10.2. The van der Waals surface area contributed by atoms with E-state index in [2.05, 4.69) is 5.32 Å². The normalized spacial score (nSPS) is 13.6. The van der Waals surface area contributed by atoms with Crippen LogP contribution in [0.3, 0.4) is 0 Å². The number of anilines is 1. The van der Waals surface area contributed by atoms with Crippen LogP contribution in [0.4, 0.5) is 10.1 Å². The van der Waals surface area contributed by atoms with Crippen LogP contribution in [0.1, 0.15) is 12.0 Å². The first kappa shape index (κ1) is 14.0. The standard InChI is InChI=1S/C16H15ClFNO2/c17-13-6-5-12(18)9-14(13)19-10-11-3-1-4-15-16(11)21-8-2-7-20-15/h1,3-6,9,19H,2,7-8,10H2. The Labute approximate surface area is 127 Å². The van der Waals surface area contributed by atoms with Crippen molar-refractivity contribution in [2.45, 2.75) is 13.0 Å². The molecule has 1 aliphatic heterocycles. The molecule has 0 unspecified atom stereocenters. The number of rotatable bonds is 3. The van der Waals surface area contributed by atoms with Crippen molar-refractivity contribution in [1.82, 2.24) is 0 Å².